The first kappa shape index (κ1) is 19.4. The Morgan fingerprint density at radius 1 is 1.30 bits per heavy atom. The molecule has 0 unspecified atom stereocenters. The number of benzene rings is 2. The summed E-state index contributed by atoms with van der Waals surface area (Å²) in [5.74, 6) is 0.657. The van der Waals surface area contributed by atoms with Gasteiger partial charge in [0.25, 0.3) is 0 Å². The van der Waals surface area contributed by atoms with Gasteiger partial charge in [-0.1, -0.05) is 29.8 Å². The molecule has 1 amide bonds. The highest BCUT2D eigenvalue weighted by Gasteiger charge is 2.21. The quantitative estimate of drug-likeness (QED) is 0.865. The van der Waals surface area contributed by atoms with Gasteiger partial charge in [0.2, 0.25) is 5.91 Å². The van der Waals surface area contributed by atoms with E-state index in [1.165, 1.54) is 23.3 Å². The Morgan fingerprint density at radius 3 is 2.78 bits per heavy atom. The van der Waals surface area contributed by atoms with E-state index in [1.54, 1.807) is 12.1 Å². The van der Waals surface area contributed by atoms with Crippen molar-refractivity contribution in [2.24, 2.45) is 0 Å². The molecular weight excluding hydrogens is 343 g/mol. The summed E-state index contributed by atoms with van der Waals surface area (Å²) >= 11 is 0. The van der Waals surface area contributed by atoms with E-state index in [9.17, 15) is 9.18 Å². The minimum atomic E-state index is -0.273. The molecule has 2 aromatic rings. The first-order valence-corrected chi connectivity index (χ1v) is 9.44. The lowest BCUT2D eigenvalue weighted by atomic mass is 10.1. The number of carbonyl (C=O) groups excluding carboxylic acids is 1. The first-order chi connectivity index (χ1) is 12.9. The maximum Gasteiger partial charge on any atom is 0.221 e. The van der Waals surface area contributed by atoms with Crippen molar-refractivity contribution in [2.45, 2.75) is 45.9 Å². The average molecular weight is 370 g/mol. The third kappa shape index (κ3) is 5.30. The second-order valence-corrected chi connectivity index (χ2v) is 7.37. The van der Waals surface area contributed by atoms with Gasteiger partial charge in [0.05, 0.1) is 6.04 Å². The second-order valence-electron chi connectivity index (χ2n) is 7.37. The standard InChI is InChI=1S/C22H27FN2O2/c1-15-4-9-21-19(12-15)14-25(13-16(2)27-21)11-10-22(26)24-17(3)18-5-7-20(23)8-6-18/h4-9,12,16-17H,10-11,13-14H2,1-3H3,(H,24,26)/t16-,17-/m0/s1. The molecule has 144 valence electrons. The number of rotatable bonds is 5. The number of ether oxygens (including phenoxy) is 1. The smallest absolute Gasteiger partial charge is 0.221 e. The van der Waals surface area contributed by atoms with Crippen molar-refractivity contribution in [3.63, 3.8) is 0 Å². The summed E-state index contributed by atoms with van der Waals surface area (Å²) in [7, 11) is 0. The van der Waals surface area contributed by atoms with Crippen molar-refractivity contribution in [3.8, 4) is 5.75 Å². The summed E-state index contributed by atoms with van der Waals surface area (Å²) in [6.45, 7) is 8.27. The van der Waals surface area contributed by atoms with Gasteiger partial charge in [-0.25, -0.2) is 4.39 Å². The van der Waals surface area contributed by atoms with Gasteiger partial charge in [0, 0.05) is 31.6 Å². The molecule has 4 nitrogen and oxygen atoms in total. The highest BCUT2D eigenvalue weighted by atomic mass is 19.1. The van der Waals surface area contributed by atoms with Crippen molar-refractivity contribution in [1.82, 2.24) is 10.2 Å². The summed E-state index contributed by atoms with van der Waals surface area (Å²) in [5.41, 5.74) is 3.27. The molecular formula is C22H27FN2O2. The lowest BCUT2D eigenvalue weighted by Gasteiger charge is -2.22. The summed E-state index contributed by atoms with van der Waals surface area (Å²) in [4.78, 5) is 14.6. The van der Waals surface area contributed by atoms with Gasteiger partial charge in [-0.3, -0.25) is 9.69 Å². The van der Waals surface area contributed by atoms with Crippen molar-refractivity contribution in [2.75, 3.05) is 13.1 Å². The van der Waals surface area contributed by atoms with Crippen LogP contribution < -0.4 is 10.1 Å². The number of aryl methyl sites for hydroxylation is 1. The molecule has 5 heteroatoms. The van der Waals surface area contributed by atoms with Crippen LogP contribution in [0.2, 0.25) is 0 Å². The number of hydrogen-bond acceptors (Lipinski definition) is 3. The van der Waals surface area contributed by atoms with Crippen LogP contribution in [0.5, 0.6) is 5.75 Å². The van der Waals surface area contributed by atoms with E-state index >= 15 is 0 Å². The minimum absolute atomic E-state index is 0.00545. The van der Waals surface area contributed by atoms with Gasteiger partial charge in [0.15, 0.2) is 0 Å². The van der Waals surface area contributed by atoms with Crippen molar-refractivity contribution in [1.29, 1.82) is 0 Å². The molecule has 0 bridgehead atoms. The number of nitrogens with zero attached hydrogens (tertiary/aromatic N) is 1. The summed E-state index contributed by atoms with van der Waals surface area (Å²) < 4.78 is 19.0. The minimum Gasteiger partial charge on any atom is -0.489 e. The number of amides is 1. The predicted octanol–water partition coefficient (Wildman–Crippen LogP) is 3.98. The fourth-order valence-electron chi connectivity index (χ4n) is 3.45. The zero-order valence-electron chi connectivity index (χ0n) is 16.2. The van der Waals surface area contributed by atoms with Crippen LogP contribution in [0.3, 0.4) is 0 Å². The first-order valence-electron chi connectivity index (χ1n) is 9.44. The van der Waals surface area contributed by atoms with Crippen molar-refractivity contribution in [3.05, 3.63) is 65.0 Å². The Kier molecular flexibility index (Phi) is 6.11. The molecule has 1 heterocycles. The Labute approximate surface area is 160 Å². The molecule has 1 aliphatic heterocycles. The third-order valence-electron chi connectivity index (χ3n) is 4.86. The monoisotopic (exact) mass is 370 g/mol. The van der Waals surface area contributed by atoms with Gasteiger partial charge < -0.3 is 10.1 Å². The lowest BCUT2D eigenvalue weighted by molar-refractivity contribution is -0.122. The molecule has 1 N–H and O–H groups in total. The molecule has 0 spiro atoms. The zero-order chi connectivity index (χ0) is 19.4. The number of fused-ring (bicyclic) bond motifs is 1. The third-order valence-corrected chi connectivity index (χ3v) is 4.86. The van der Waals surface area contributed by atoms with E-state index in [4.69, 9.17) is 4.74 Å². The van der Waals surface area contributed by atoms with E-state index in [2.05, 4.69) is 36.2 Å². The molecule has 2 atom stereocenters. The predicted molar refractivity (Wildman–Crippen MR) is 104 cm³/mol. The zero-order valence-corrected chi connectivity index (χ0v) is 16.2. The fraction of sp³-hybridized carbons (Fsp3) is 0.409. The lowest BCUT2D eigenvalue weighted by Crippen LogP contribution is -2.35. The molecule has 1 aliphatic rings. The molecule has 0 aromatic heterocycles. The van der Waals surface area contributed by atoms with Gasteiger partial charge in [-0.2, -0.15) is 0 Å². The molecule has 27 heavy (non-hydrogen) atoms. The van der Waals surface area contributed by atoms with Crippen LogP contribution in [-0.4, -0.2) is 30.0 Å². The highest BCUT2D eigenvalue weighted by molar-refractivity contribution is 5.76. The second kappa shape index (κ2) is 8.53. The maximum atomic E-state index is 13.0. The Morgan fingerprint density at radius 2 is 2.04 bits per heavy atom. The van der Waals surface area contributed by atoms with Gasteiger partial charge >= 0.3 is 0 Å². The van der Waals surface area contributed by atoms with E-state index in [0.717, 1.165) is 24.4 Å². The topological polar surface area (TPSA) is 41.6 Å². The molecule has 0 radical (unpaired) electrons. The van der Waals surface area contributed by atoms with Crippen LogP contribution in [0.15, 0.2) is 42.5 Å². The van der Waals surface area contributed by atoms with E-state index in [-0.39, 0.29) is 23.9 Å². The van der Waals surface area contributed by atoms with Crippen molar-refractivity contribution >= 4 is 5.91 Å². The number of halogens is 1. The Balaban J connectivity index is 1.55. The number of hydrogen-bond donors (Lipinski definition) is 1. The Hall–Kier alpha value is -2.40. The van der Waals surface area contributed by atoms with Crippen LogP contribution in [0.4, 0.5) is 4.39 Å². The van der Waals surface area contributed by atoms with E-state index in [1.807, 2.05) is 13.0 Å². The number of carbonyl (C=O) groups is 1. The van der Waals surface area contributed by atoms with Crippen LogP contribution in [0.1, 0.15) is 43.0 Å². The van der Waals surface area contributed by atoms with Crippen LogP contribution in [0, 0.1) is 12.7 Å². The molecule has 0 aliphatic carbocycles. The van der Waals surface area contributed by atoms with Crippen LogP contribution in [0.25, 0.3) is 0 Å². The van der Waals surface area contributed by atoms with E-state index < -0.39 is 0 Å². The molecule has 0 fully saturated rings. The maximum absolute atomic E-state index is 13.0. The summed E-state index contributed by atoms with van der Waals surface area (Å²) in [5, 5.41) is 2.99. The van der Waals surface area contributed by atoms with Crippen LogP contribution in [-0.2, 0) is 11.3 Å². The SMILES string of the molecule is Cc1ccc2c(c1)CN(CCC(=O)N[C@@H](C)c1ccc(F)cc1)C[C@H](C)O2. The largest absolute Gasteiger partial charge is 0.489 e. The molecule has 2 aromatic carbocycles. The summed E-state index contributed by atoms with van der Waals surface area (Å²) in [6.07, 6.45) is 0.495. The average Bonchev–Trinajstić information content (AvgIpc) is 2.77. The van der Waals surface area contributed by atoms with Gasteiger partial charge in [0.1, 0.15) is 17.7 Å². The van der Waals surface area contributed by atoms with E-state index in [0.29, 0.717) is 13.0 Å². The molecule has 0 saturated heterocycles. The summed E-state index contributed by atoms with van der Waals surface area (Å²) in [6, 6.07) is 12.3. The Bertz CT molecular complexity index is 791. The number of nitrogens with one attached hydrogen (secondary N) is 1. The van der Waals surface area contributed by atoms with Crippen molar-refractivity contribution < 1.29 is 13.9 Å². The molecule has 3 rings (SSSR count). The van der Waals surface area contributed by atoms with Crippen LogP contribution >= 0.6 is 0 Å². The normalized spacial score (nSPS) is 18.1. The fourth-order valence-corrected chi connectivity index (χ4v) is 3.45. The molecule has 0 saturated carbocycles. The van der Waals surface area contributed by atoms with Gasteiger partial charge in [-0.05, 0) is 44.5 Å². The highest BCUT2D eigenvalue weighted by Crippen LogP contribution is 2.26. The van der Waals surface area contributed by atoms with Gasteiger partial charge in [-0.15, -0.1) is 0 Å².